The van der Waals surface area contributed by atoms with E-state index in [1.54, 1.807) is 0 Å². The SMILES string of the molecule is NC(CC1CCCCC1)c1cc2c(cc1Cl)OCCO2. The van der Waals surface area contributed by atoms with E-state index in [-0.39, 0.29) is 6.04 Å². The maximum Gasteiger partial charge on any atom is 0.162 e. The molecule has 1 fully saturated rings. The first-order valence-corrected chi connectivity index (χ1v) is 7.96. The highest BCUT2D eigenvalue weighted by Gasteiger charge is 2.22. The summed E-state index contributed by atoms with van der Waals surface area (Å²) in [6.45, 7) is 1.17. The number of nitrogens with two attached hydrogens (primary N) is 1. The minimum Gasteiger partial charge on any atom is -0.486 e. The smallest absolute Gasteiger partial charge is 0.162 e. The number of ether oxygens (including phenoxy) is 2. The van der Waals surface area contributed by atoms with Gasteiger partial charge in [0.15, 0.2) is 11.5 Å². The van der Waals surface area contributed by atoms with Gasteiger partial charge in [-0.05, 0) is 24.0 Å². The lowest BCUT2D eigenvalue weighted by Gasteiger charge is -2.26. The molecule has 1 atom stereocenters. The minimum atomic E-state index is -0.0126. The topological polar surface area (TPSA) is 44.5 Å². The van der Waals surface area contributed by atoms with Crippen molar-refractivity contribution in [2.45, 2.75) is 44.6 Å². The van der Waals surface area contributed by atoms with E-state index >= 15 is 0 Å². The molecule has 3 rings (SSSR count). The van der Waals surface area contributed by atoms with E-state index in [0.717, 1.165) is 29.4 Å². The predicted molar refractivity (Wildman–Crippen MR) is 80.6 cm³/mol. The summed E-state index contributed by atoms with van der Waals surface area (Å²) in [6.07, 6.45) is 7.67. The van der Waals surface area contributed by atoms with Crippen LogP contribution in [0.3, 0.4) is 0 Å². The summed E-state index contributed by atoms with van der Waals surface area (Å²) in [5, 5.41) is 0.692. The van der Waals surface area contributed by atoms with Crippen molar-refractivity contribution in [3.05, 3.63) is 22.7 Å². The summed E-state index contributed by atoms with van der Waals surface area (Å²) in [7, 11) is 0. The van der Waals surface area contributed by atoms with Gasteiger partial charge in [-0.2, -0.15) is 0 Å². The highest BCUT2D eigenvalue weighted by atomic mass is 35.5. The predicted octanol–water partition coefficient (Wildman–Crippen LogP) is 4.08. The van der Waals surface area contributed by atoms with Gasteiger partial charge in [0.05, 0.1) is 0 Å². The second kappa shape index (κ2) is 6.23. The van der Waals surface area contributed by atoms with Crippen LogP contribution >= 0.6 is 11.6 Å². The lowest BCUT2D eigenvalue weighted by atomic mass is 9.83. The quantitative estimate of drug-likeness (QED) is 0.914. The monoisotopic (exact) mass is 295 g/mol. The molecule has 1 aromatic carbocycles. The van der Waals surface area contributed by atoms with Crippen molar-refractivity contribution >= 4 is 11.6 Å². The van der Waals surface area contributed by atoms with Crippen molar-refractivity contribution in [3.63, 3.8) is 0 Å². The number of benzene rings is 1. The number of hydrogen-bond acceptors (Lipinski definition) is 3. The van der Waals surface area contributed by atoms with Crippen LogP contribution in [0.25, 0.3) is 0 Å². The lowest BCUT2D eigenvalue weighted by molar-refractivity contribution is 0.171. The molecule has 3 nitrogen and oxygen atoms in total. The third-order valence-corrected chi connectivity index (χ3v) is 4.70. The third-order valence-electron chi connectivity index (χ3n) is 4.37. The molecule has 1 aromatic rings. The molecule has 0 bridgehead atoms. The molecule has 2 N–H and O–H groups in total. The van der Waals surface area contributed by atoms with Gasteiger partial charge in [-0.15, -0.1) is 0 Å². The number of halogens is 1. The van der Waals surface area contributed by atoms with E-state index in [4.69, 9.17) is 26.8 Å². The zero-order valence-electron chi connectivity index (χ0n) is 11.7. The summed E-state index contributed by atoms with van der Waals surface area (Å²) in [5.74, 6) is 2.24. The van der Waals surface area contributed by atoms with Crippen LogP contribution in [0.4, 0.5) is 0 Å². The van der Waals surface area contributed by atoms with Crippen molar-refractivity contribution in [2.24, 2.45) is 11.7 Å². The van der Waals surface area contributed by atoms with Gasteiger partial charge >= 0.3 is 0 Å². The number of rotatable bonds is 3. The molecule has 1 aliphatic carbocycles. The Kier molecular flexibility index (Phi) is 4.37. The summed E-state index contributed by atoms with van der Waals surface area (Å²) in [6, 6.07) is 3.79. The number of hydrogen-bond donors (Lipinski definition) is 1. The van der Waals surface area contributed by atoms with Crippen LogP contribution in [0.15, 0.2) is 12.1 Å². The van der Waals surface area contributed by atoms with E-state index in [2.05, 4.69) is 0 Å². The molecule has 1 aliphatic heterocycles. The Hall–Kier alpha value is -0.930. The summed E-state index contributed by atoms with van der Waals surface area (Å²) in [4.78, 5) is 0. The second-order valence-electron chi connectivity index (χ2n) is 5.86. The van der Waals surface area contributed by atoms with Crippen LogP contribution in [0.5, 0.6) is 11.5 Å². The van der Waals surface area contributed by atoms with E-state index in [1.807, 2.05) is 12.1 Å². The number of fused-ring (bicyclic) bond motifs is 1. The summed E-state index contributed by atoms with van der Waals surface area (Å²) < 4.78 is 11.2. The van der Waals surface area contributed by atoms with E-state index in [1.165, 1.54) is 32.1 Å². The van der Waals surface area contributed by atoms with Crippen LogP contribution in [0, 0.1) is 5.92 Å². The van der Waals surface area contributed by atoms with Crippen LogP contribution in [0.2, 0.25) is 5.02 Å². The molecule has 4 heteroatoms. The van der Waals surface area contributed by atoms with Crippen molar-refractivity contribution in [1.29, 1.82) is 0 Å². The molecule has 2 aliphatic rings. The molecule has 110 valence electrons. The van der Waals surface area contributed by atoms with Crippen LogP contribution in [-0.4, -0.2) is 13.2 Å². The van der Waals surface area contributed by atoms with Gasteiger partial charge < -0.3 is 15.2 Å². The molecule has 20 heavy (non-hydrogen) atoms. The van der Waals surface area contributed by atoms with Gasteiger partial charge in [-0.25, -0.2) is 0 Å². The maximum atomic E-state index is 6.38. The van der Waals surface area contributed by atoms with Gasteiger partial charge in [0.1, 0.15) is 13.2 Å². The molecule has 0 aromatic heterocycles. The van der Waals surface area contributed by atoms with Gasteiger partial charge in [-0.1, -0.05) is 43.7 Å². The highest BCUT2D eigenvalue weighted by molar-refractivity contribution is 6.31. The van der Waals surface area contributed by atoms with E-state index in [0.29, 0.717) is 18.2 Å². The standard InChI is InChI=1S/C16H22ClNO2/c17-13-10-16-15(19-6-7-20-16)9-12(13)14(18)8-11-4-2-1-3-5-11/h9-11,14H,1-8,18H2. The molecule has 0 radical (unpaired) electrons. The van der Waals surface area contributed by atoms with Crippen molar-refractivity contribution in [1.82, 2.24) is 0 Å². The average molecular weight is 296 g/mol. The van der Waals surface area contributed by atoms with Crippen molar-refractivity contribution < 1.29 is 9.47 Å². The largest absolute Gasteiger partial charge is 0.486 e. The molecular formula is C16H22ClNO2. The fraction of sp³-hybridized carbons (Fsp3) is 0.625. The van der Waals surface area contributed by atoms with Gasteiger partial charge in [0.2, 0.25) is 0 Å². The Morgan fingerprint density at radius 1 is 1.10 bits per heavy atom. The third kappa shape index (κ3) is 3.04. The highest BCUT2D eigenvalue weighted by Crippen LogP contribution is 2.39. The lowest BCUT2D eigenvalue weighted by Crippen LogP contribution is -2.19. The normalized spacial score (nSPS) is 20.7. The van der Waals surface area contributed by atoms with Crippen LogP contribution in [0.1, 0.15) is 50.1 Å². The molecule has 0 spiro atoms. The first-order valence-electron chi connectivity index (χ1n) is 7.58. The summed E-state index contributed by atoms with van der Waals surface area (Å²) in [5.41, 5.74) is 7.37. The van der Waals surface area contributed by atoms with Gasteiger partial charge in [-0.3, -0.25) is 0 Å². The van der Waals surface area contributed by atoms with Gasteiger partial charge in [0, 0.05) is 17.1 Å². The molecule has 1 saturated carbocycles. The minimum absolute atomic E-state index is 0.0126. The Morgan fingerprint density at radius 3 is 2.45 bits per heavy atom. The van der Waals surface area contributed by atoms with Crippen LogP contribution < -0.4 is 15.2 Å². The molecule has 1 unspecified atom stereocenters. The Bertz CT molecular complexity index is 472. The zero-order valence-corrected chi connectivity index (χ0v) is 12.5. The van der Waals surface area contributed by atoms with Crippen LogP contribution in [-0.2, 0) is 0 Å². The maximum absolute atomic E-state index is 6.38. The van der Waals surface area contributed by atoms with E-state index < -0.39 is 0 Å². The van der Waals surface area contributed by atoms with Gasteiger partial charge in [0.25, 0.3) is 0 Å². The Labute approximate surface area is 125 Å². The molecular weight excluding hydrogens is 274 g/mol. The zero-order chi connectivity index (χ0) is 13.9. The summed E-state index contributed by atoms with van der Waals surface area (Å²) >= 11 is 6.36. The Morgan fingerprint density at radius 2 is 1.75 bits per heavy atom. The molecule has 0 saturated heterocycles. The molecule has 0 amide bonds. The first-order chi connectivity index (χ1) is 9.74. The first kappa shape index (κ1) is 14.0. The van der Waals surface area contributed by atoms with Crippen molar-refractivity contribution in [3.8, 4) is 11.5 Å². The van der Waals surface area contributed by atoms with E-state index in [9.17, 15) is 0 Å². The molecule has 1 heterocycles. The van der Waals surface area contributed by atoms with Crippen molar-refractivity contribution in [2.75, 3.05) is 13.2 Å². The Balaban J connectivity index is 1.74. The average Bonchev–Trinajstić information content (AvgIpc) is 2.47. The fourth-order valence-corrected chi connectivity index (χ4v) is 3.57. The fourth-order valence-electron chi connectivity index (χ4n) is 3.27. The second-order valence-corrected chi connectivity index (χ2v) is 6.27.